The predicted molar refractivity (Wildman–Crippen MR) is 169 cm³/mol. The summed E-state index contributed by atoms with van der Waals surface area (Å²) >= 11 is 0. The maximum atomic E-state index is 13.3. The molecule has 2 aromatic carbocycles. The first-order chi connectivity index (χ1) is 23.1. The number of carbonyl (C=O) groups excluding carboxylic acids is 4. The van der Waals surface area contributed by atoms with Gasteiger partial charge in [0.15, 0.2) is 0 Å². The van der Waals surface area contributed by atoms with Gasteiger partial charge in [0, 0.05) is 25.4 Å². The Morgan fingerprint density at radius 1 is 0.604 bits per heavy atom. The van der Waals surface area contributed by atoms with Gasteiger partial charge < -0.3 is 9.80 Å². The summed E-state index contributed by atoms with van der Waals surface area (Å²) in [5.41, 5.74) is 3.31. The van der Waals surface area contributed by atoms with Crippen LogP contribution in [0.4, 0.5) is 11.4 Å². The number of anilines is 2. The monoisotopic (exact) mass is 648 g/mol. The number of ketones is 2. The summed E-state index contributed by atoms with van der Waals surface area (Å²) in [4.78, 5) is 78.7. The van der Waals surface area contributed by atoms with Crippen molar-refractivity contribution < 1.29 is 19.2 Å². The minimum atomic E-state index is -0.605. The Morgan fingerprint density at radius 3 is 1.62 bits per heavy atom. The quantitative estimate of drug-likeness (QED) is 0.192. The number of aryl methyl sites for hydroxylation is 2. The molecule has 2 aliphatic rings. The second-order valence-corrected chi connectivity index (χ2v) is 11.7. The highest BCUT2D eigenvalue weighted by atomic mass is 16.2. The van der Waals surface area contributed by atoms with Crippen molar-refractivity contribution >= 4 is 34.8 Å². The zero-order chi connectivity index (χ0) is 33.7. The second-order valence-electron chi connectivity index (χ2n) is 11.7. The average molecular weight is 649 g/mol. The van der Waals surface area contributed by atoms with Gasteiger partial charge in [-0.05, 0) is 38.1 Å². The number of hydrogen-bond acceptors (Lipinski definition) is 10. The molecule has 0 fully saturated rings. The molecule has 48 heavy (non-hydrogen) atoms. The molecule has 5 aromatic rings. The number of hydrogen-bond donors (Lipinski definition) is 0. The van der Waals surface area contributed by atoms with Crippen LogP contribution in [0.15, 0.2) is 70.6 Å². The van der Waals surface area contributed by atoms with Crippen molar-refractivity contribution in [2.24, 2.45) is 0 Å². The van der Waals surface area contributed by atoms with Crippen molar-refractivity contribution in [3.8, 4) is 0 Å². The molecule has 0 saturated heterocycles. The van der Waals surface area contributed by atoms with Crippen LogP contribution in [0.3, 0.4) is 0 Å². The Bertz CT molecular complexity index is 2280. The van der Waals surface area contributed by atoms with E-state index in [1.807, 2.05) is 26.0 Å². The molecule has 0 unspecified atom stereocenters. The number of benzene rings is 2. The highest BCUT2D eigenvalue weighted by Gasteiger charge is 2.36. The van der Waals surface area contributed by atoms with E-state index in [1.54, 1.807) is 36.7 Å². The maximum Gasteiger partial charge on any atom is 0.331 e. The highest BCUT2D eigenvalue weighted by Crippen LogP contribution is 2.30. The summed E-state index contributed by atoms with van der Waals surface area (Å²) in [6, 6.07) is 11.8. The van der Waals surface area contributed by atoms with E-state index in [0.717, 1.165) is 15.7 Å². The Hall–Kier alpha value is -6.32. The summed E-state index contributed by atoms with van der Waals surface area (Å²) in [7, 11) is 0. The first-order valence-electron chi connectivity index (χ1n) is 15.1. The standard InChI is InChI=1S/C32H28N10O6/c1-19-3-5-25-23(13-19)28(44)30(46)40(25)11-9-38-16-21(33-35-38)15-37-8-7-27(43)42(32(37)48)18-22-17-39(36-34-22)10-12-41-26-6-4-20(2)14-24(26)29(45)31(41)47/h3-8,13-14,16-17H,9-12,15,18H2,1-2H3. The normalized spacial score (nSPS) is 14.0. The molecule has 0 radical (unpaired) electrons. The Morgan fingerprint density at radius 2 is 1.10 bits per heavy atom. The van der Waals surface area contributed by atoms with Crippen LogP contribution in [-0.2, 0) is 35.8 Å². The van der Waals surface area contributed by atoms with E-state index in [4.69, 9.17) is 0 Å². The smallest absolute Gasteiger partial charge is 0.303 e. The molecule has 0 bridgehead atoms. The number of amides is 2. The molecule has 16 heteroatoms. The van der Waals surface area contributed by atoms with Crippen LogP contribution in [0.5, 0.6) is 0 Å². The molecule has 16 nitrogen and oxygen atoms in total. The summed E-state index contributed by atoms with van der Waals surface area (Å²) in [5.74, 6) is -2.29. The molecule has 0 N–H and O–H groups in total. The summed E-state index contributed by atoms with van der Waals surface area (Å²) in [5, 5.41) is 16.4. The van der Waals surface area contributed by atoms with Gasteiger partial charge in [-0.25, -0.2) is 4.79 Å². The van der Waals surface area contributed by atoms with Crippen molar-refractivity contribution in [2.75, 3.05) is 22.9 Å². The molecule has 0 atom stereocenters. The molecule has 0 aliphatic carbocycles. The Balaban J connectivity index is 0.994. The third kappa shape index (κ3) is 5.42. The molecule has 3 aromatic heterocycles. The summed E-state index contributed by atoms with van der Waals surface area (Å²) in [6.45, 7) is 4.47. The lowest BCUT2D eigenvalue weighted by Gasteiger charge is -2.16. The summed E-state index contributed by atoms with van der Waals surface area (Å²) < 4.78 is 5.34. The zero-order valence-corrected chi connectivity index (χ0v) is 25.9. The van der Waals surface area contributed by atoms with Crippen LogP contribution in [0, 0.1) is 13.8 Å². The molecule has 0 saturated carbocycles. The van der Waals surface area contributed by atoms with Gasteiger partial charge in [-0.2, -0.15) is 0 Å². The fourth-order valence-electron chi connectivity index (χ4n) is 5.88. The number of rotatable bonds is 10. The third-order valence-corrected chi connectivity index (χ3v) is 8.32. The lowest BCUT2D eigenvalue weighted by atomic mass is 10.1. The SMILES string of the molecule is Cc1ccc2c(c1)C(=O)C(=O)N2CCn1cc(Cn2ccc(=O)n(Cc3cn(CCN4C(=O)C(=O)c5cc(C)ccc54)nn3)c2=O)nn1. The van der Waals surface area contributed by atoms with Gasteiger partial charge in [-0.15, -0.1) is 10.2 Å². The second kappa shape index (κ2) is 11.8. The van der Waals surface area contributed by atoms with Crippen LogP contribution in [0.25, 0.3) is 0 Å². The van der Waals surface area contributed by atoms with Gasteiger partial charge in [0.05, 0.1) is 61.1 Å². The van der Waals surface area contributed by atoms with E-state index >= 15 is 0 Å². The predicted octanol–water partition coefficient (Wildman–Crippen LogP) is 0.365. The molecule has 5 heterocycles. The first kappa shape index (κ1) is 30.3. The zero-order valence-electron chi connectivity index (χ0n) is 25.9. The highest BCUT2D eigenvalue weighted by molar-refractivity contribution is 6.52. The Kier molecular flexibility index (Phi) is 7.46. The fraction of sp³-hybridized carbons (Fsp3) is 0.250. The van der Waals surface area contributed by atoms with E-state index < -0.39 is 34.6 Å². The van der Waals surface area contributed by atoms with E-state index in [2.05, 4.69) is 20.6 Å². The van der Waals surface area contributed by atoms with Gasteiger partial charge in [0.2, 0.25) is 0 Å². The number of nitrogens with zero attached hydrogens (tertiary/aromatic N) is 10. The molecule has 242 valence electrons. The number of fused-ring (bicyclic) bond motifs is 2. The largest absolute Gasteiger partial charge is 0.331 e. The number of aromatic nitrogens is 8. The molecule has 2 amide bonds. The van der Waals surface area contributed by atoms with E-state index in [9.17, 15) is 28.8 Å². The van der Waals surface area contributed by atoms with Crippen molar-refractivity contribution in [2.45, 2.75) is 40.0 Å². The van der Waals surface area contributed by atoms with Gasteiger partial charge in [-0.3, -0.25) is 42.5 Å². The Labute approximate surface area is 271 Å². The average Bonchev–Trinajstić information content (AvgIpc) is 3.82. The van der Waals surface area contributed by atoms with Crippen LogP contribution < -0.4 is 21.0 Å². The molecule has 2 aliphatic heterocycles. The van der Waals surface area contributed by atoms with Crippen molar-refractivity contribution in [1.82, 2.24) is 39.1 Å². The minimum absolute atomic E-state index is 0.0264. The molecular weight excluding hydrogens is 620 g/mol. The fourth-order valence-corrected chi connectivity index (χ4v) is 5.88. The van der Waals surface area contributed by atoms with Gasteiger partial charge >= 0.3 is 5.69 Å². The minimum Gasteiger partial charge on any atom is -0.303 e. The number of carbonyl (C=O) groups is 4. The van der Waals surface area contributed by atoms with Gasteiger partial charge in [0.1, 0.15) is 11.4 Å². The lowest BCUT2D eigenvalue weighted by Crippen LogP contribution is -2.39. The number of Topliss-reactive ketones (excluding diaryl/α,β-unsaturated/α-hetero) is 2. The van der Waals surface area contributed by atoms with Crippen molar-refractivity contribution in [3.63, 3.8) is 0 Å². The van der Waals surface area contributed by atoms with Crippen molar-refractivity contribution in [1.29, 1.82) is 0 Å². The molecular formula is C32H28N10O6. The van der Waals surface area contributed by atoms with Gasteiger partial charge in [0.25, 0.3) is 28.9 Å². The van der Waals surface area contributed by atoms with Crippen LogP contribution in [0.1, 0.15) is 43.2 Å². The van der Waals surface area contributed by atoms with Crippen molar-refractivity contribution in [3.05, 3.63) is 116 Å². The van der Waals surface area contributed by atoms with E-state index in [0.29, 0.717) is 33.9 Å². The van der Waals surface area contributed by atoms with Gasteiger partial charge in [-0.1, -0.05) is 33.7 Å². The summed E-state index contributed by atoms with van der Waals surface area (Å²) in [6.07, 6.45) is 4.58. The topological polar surface area (TPSA) is 180 Å². The van der Waals surface area contributed by atoms with Crippen LogP contribution in [0.2, 0.25) is 0 Å². The maximum absolute atomic E-state index is 13.3. The third-order valence-electron chi connectivity index (χ3n) is 8.32. The molecule has 0 spiro atoms. The van der Waals surface area contributed by atoms with Crippen LogP contribution in [-0.4, -0.2) is 75.6 Å². The first-order valence-corrected chi connectivity index (χ1v) is 15.1. The van der Waals surface area contributed by atoms with E-state index in [-0.39, 0.29) is 39.3 Å². The lowest BCUT2D eigenvalue weighted by molar-refractivity contribution is -0.114. The van der Waals surface area contributed by atoms with Crippen LogP contribution >= 0.6 is 0 Å². The van der Waals surface area contributed by atoms with E-state index in [1.165, 1.54) is 36.0 Å². The molecule has 7 rings (SSSR count).